The number of aliphatic carboxylic acids is 1. The van der Waals surface area contributed by atoms with E-state index in [0.717, 1.165) is 6.92 Å². The molecule has 0 fully saturated rings. The Balaban J connectivity index is 0.000000543. The Morgan fingerprint density at radius 1 is 1.00 bits per heavy atom. The van der Waals surface area contributed by atoms with Gasteiger partial charge in [-0.25, -0.2) is 4.79 Å². The molecule has 0 aliphatic rings. The van der Waals surface area contributed by atoms with Gasteiger partial charge < -0.3 is 25.5 Å². The van der Waals surface area contributed by atoms with Crippen molar-refractivity contribution in [3.8, 4) is 0 Å². The predicted molar refractivity (Wildman–Crippen MR) is 95.1 cm³/mol. The number of aliphatic hydroxyl groups is 4. The number of ketones is 1. The first-order valence-corrected chi connectivity index (χ1v) is 11.1. The first-order chi connectivity index (χ1) is 13.3. The molecule has 0 heterocycles. The van der Waals surface area contributed by atoms with Crippen LogP contribution in [0, 0.1) is 0 Å². The summed E-state index contributed by atoms with van der Waals surface area (Å²) in [5.74, 6) is -2.97. The fourth-order valence-electron chi connectivity index (χ4n) is 1.82. The topological polar surface area (TPSA) is 231 Å². The number of nitrogens with one attached hydrogen (secondary N) is 1. The molecule has 164 valence electrons. The van der Waals surface area contributed by atoms with Crippen LogP contribution in [0.15, 0.2) is 24.3 Å². The molecule has 5 atom stereocenters. The summed E-state index contributed by atoms with van der Waals surface area (Å²) in [7, 11) is 0. The first-order valence-electron chi connectivity index (χ1n) is 7.74. The van der Waals surface area contributed by atoms with Gasteiger partial charge in [0, 0.05) is 0 Å². The van der Waals surface area contributed by atoms with Gasteiger partial charge >= 0.3 is 94.4 Å². The quantitative estimate of drug-likeness (QED) is 0.104. The second-order valence-electron chi connectivity index (χ2n) is 5.62. The first kappa shape index (κ1) is 26.9. The van der Waals surface area contributed by atoms with Crippen molar-refractivity contribution in [2.75, 3.05) is 5.32 Å². The van der Waals surface area contributed by atoms with Crippen molar-refractivity contribution < 1.29 is 56.9 Å². The normalized spacial score (nSPS) is 16.8. The average molecular weight is 483 g/mol. The summed E-state index contributed by atoms with van der Waals surface area (Å²) in [4.78, 5) is 31.5. The van der Waals surface area contributed by atoms with Gasteiger partial charge in [0.2, 0.25) is 0 Å². The van der Waals surface area contributed by atoms with Gasteiger partial charge in [0.15, 0.2) is 11.9 Å². The summed E-state index contributed by atoms with van der Waals surface area (Å²) in [6, 6.07) is 5.84. The van der Waals surface area contributed by atoms with Crippen molar-refractivity contribution in [3.63, 3.8) is 0 Å². The number of carboxylic acid groups (broad SMARTS) is 1. The van der Waals surface area contributed by atoms with E-state index in [1.807, 2.05) is 0 Å². The number of benzene rings is 1. The zero-order chi connectivity index (χ0) is 22.9. The van der Waals surface area contributed by atoms with Gasteiger partial charge in [-0.3, -0.25) is 4.79 Å². The summed E-state index contributed by atoms with van der Waals surface area (Å²) in [5, 5.41) is 54.6. The molecule has 0 bridgehead atoms. The fraction of sp³-hybridized carbons (Fsp3) is 0.400. The predicted octanol–water partition coefficient (Wildman–Crippen LogP) is -3.19. The molecule has 0 saturated carbocycles. The molecular weight excluding hydrogens is 461 g/mol. The number of carbonyl (C=O) groups excluding carboxylic acids is 2. The van der Waals surface area contributed by atoms with E-state index in [9.17, 15) is 22.2 Å². The number of Topliss-reactive ketones (excluding diaryl/α,β-unsaturated/α-hetero) is 1. The number of hydrogen-bond donors (Lipinski definition) is 8. The van der Waals surface area contributed by atoms with E-state index in [1.54, 1.807) is 6.07 Å². The molecule has 0 spiro atoms. The number of rotatable bonds is 8. The van der Waals surface area contributed by atoms with Crippen molar-refractivity contribution in [2.24, 2.45) is 0 Å². The van der Waals surface area contributed by atoms with Crippen molar-refractivity contribution in [2.45, 2.75) is 38.3 Å². The second-order valence-corrected chi connectivity index (χ2v) is 9.16. The van der Waals surface area contributed by atoms with Crippen LogP contribution in [0.4, 0.5) is 5.69 Å². The number of aliphatic hydroxyl groups excluding tert-OH is 4. The molecule has 29 heavy (non-hydrogen) atoms. The molecule has 5 unspecified atom stereocenters. The average Bonchev–Trinajstić information content (AvgIpc) is 2.65. The van der Waals surface area contributed by atoms with Gasteiger partial charge in [-0.15, -0.1) is 0 Å². The summed E-state index contributed by atoms with van der Waals surface area (Å²) in [5.41, 5.74) is 0.157. The van der Waals surface area contributed by atoms with Crippen molar-refractivity contribution in [1.29, 1.82) is 0 Å². The number of amides is 1. The molecule has 1 aromatic rings. The van der Waals surface area contributed by atoms with Gasteiger partial charge in [0.05, 0.1) is 0 Å². The second kappa shape index (κ2) is 11.8. The van der Waals surface area contributed by atoms with Gasteiger partial charge in [-0.1, -0.05) is 0 Å². The van der Waals surface area contributed by atoms with Crippen LogP contribution >= 0.6 is 0 Å². The van der Waals surface area contributed by atoms with Crippen LogP contribution in [0.5, 0.6) is 0 Å². The number of hydrogen-bond acceptors (Lipinski definition) is 10. The van der Waals surface area contributed by atoms with Crippen LogP contribution in [0.3, 0.4) is 0 Å². The van der Waals surface area contributed by atoms with Crippen molar-refractivity contribution in [3.05, 3.63) is 24.3 Å². The van der Waals surface area contributed by atoms with Gasteiger partial charge in [-0.05, 0) is 6.92 Å². The molecule has 1 aromatic carbocycles. The van der Waals surface area contributed by atoms with E-state index in [-0.39, 0.29) is 15.9 Å². The van der Waals surface area contributed by atoms with Gasteiger partial charge in [0.1, 0.15) is 18.3 Å². The molecule has 0 aliphatic carbocycles. The van der Waals surface area contributed by atoms with E-state index < -0.39 is 50.3 Å². The molecule has 1 rings (SSSR count). The third kappa shape index (κ3) is 8.43. The Hall–Kier alpha value is -2.09. The zero-order valence-electron chi connectivity index (χ0n) is 15.2. The molecule has 0 saturated heterocycles. The minimum absolute atomic E-state index is 0.103. The van der Waals surface area contributed by atoms with E-state index in [2.05, 4.69) is 9.19 Å². The molecule has 0 radical (unpaired) electrons. The molecule has 0 aliphatic heterocycles. The molecule has 14 heteroatoms. The van der Waals surface area contributed by atoms with Crippen LogP contribution < -0.4 is 9.67 Å². The molecular formula is C15H22AsNO12. The van der Waals surface area contributed by atoms with Crippen LogP contribution in [0.1, 0.15) is 13.8 Å². The number of para-hydroxylation sites is 1. The van der Waals surface area contributed by atoms with Crippen LogP contribution in [-0.2, 0) is 22.0 Å². The van der Waals surface area contributed by atoms with Gasteiger partial charge in [0.25, 0.3) is 0 Å². The summed E-state index contributed by atoms with van der Waals surface area (Å²) >= 11 is -4.92. The standard InChI is InChI=1S/C8H10AsNO5.C7H12O7/c1-6(11)10-8-5-3-2-4-7(8)9(12,13)15-14;1-2(8)3(9)4(10)5(11)6(12)7(13)14/h2-5,14H,1H3,(H,10,11)(H,12,13);3-6,9-12H,1H3,(H,13,14). The Morgan fingerprint density at radius 3 is 1.90 bits per heavy atom. The Kier molecular flexibility index (Phi) is 10.9. The van der Waals surface area contributed by atoms with E-state index in [4.69, 9.17) is 30.8 Å². The summed E-state index contributed by atoms with van der Waals surface area (Å²) < 4.78 is 24.1. The SMILES string of the molecule is CC(=O)C(O)C(O)C(O)C(O)C(=O)O.CC(=O)Nc1ccccc1[As](=O)(O)OO. The number of anilines is 1. The van der Waals surface area contributed by atoms with E-state index in [1.165, 1.54) is 25.1 Å². The van der Waals surface area contributed by atoms with Crippen LogP contribution in [0.2, 0.25) is 0 Å². The minimum atomic E-state index is -4.92. The van der Waals surface area contributed by atoms with E-state index >= 15 is 0 Å². The molecule has 1 amide bonds. The Bertz CT molecular complexity index is 745. The maximum atomic E-state index is 11.4. The third-order valence-corrected chi connectivity index (χ3v) is 5.86. The molecule has 0 aromatic heterocycles. The number of carbonyl (C=O) groups is 3. The maximum absolute atomic E-state index is 11.4. The molecule has 8 N–H and O–H groups in total. The van der Waals surface area contributed by atoms with Crippen LogP contribution in [0.25, 0.3) is 0 Å². The summed E-state index contributed by atoms with van der Waals surface area (Å²) in [6.07, 6.45) is -8.32. The Labute approximate surface area is 167 Å². The van der Waals surface area contributed by atoms with E-state index in [0.29, 0.717) is 0 Å². The molecule has 13 nitrogen and oxygen atoms in total. The summed E-state index contributed by atoms with van der Waals surface area (Å²) in [6.45, 7) is 2.22. The third-order valence-electron chi connectivity index (χ3n) is 3.30. The number of carboxylic acids is 1. The zero-order valence-corrected chi connectivity index (χ0v) is 17.1. The Morgan fingerprint density at radius 2 is 1.48 bits per heavy atom. The van der Waals surface area contributed by atoms with Crippen molar-refractivity contribution in [1.82, 2.24) is 0 Å². The van der Waals surface area contributed by atoms with Crippen molar-refractivity contribution >= 4 is 41.9 Å². The fourth-order valence-corrected chi connectivity index (χ4v) is 3.49. The van der Waals surface area contributed by atoms with Gasteiger partial charge in [-0.2, -0.15) is 0 Å². The van der Waals surface area contributed by atoms with Crippen LogP contribution in [-0.4, -0.2) is 91.1 Å². The monoisotopic (exact) mass is 483 g/mol.